The molecular weight excluding hydrogens is 186 g/mol. The zero-order chi connectivity index (χ0) is 10.0. The fourth-order valence-electron chi connectivity index (χ4n) is 0.900. The lowest BCUT2D eigenvalue weighted by Crippen LogP contribution is -2.53. The molecule has 4 amide bonds. The maximum absolute atomic E-state index is 11.8. The highest BCUT2D eigenvalue weighted by Gasteiger charge is 2.32. The summed E-state index contributed by atoms with van der Waals surface area (Å²) in [6.07, 6.45) is -3.35. The topological polar surface area (TPSA) is 66.5 Å². The predicted octanol–water partition coefficient (Wildman–Crippen LogP) is -0.280. The van der Waals surface area contributed by atoms with E-state index in [4.69, 9.17) is 0 Å². The van der Waals surface area contributed by atoms with Gasteiger partial charge in [0.2, 0.25) is 11.8 Å². The van der Waals surface area contributed by atoms with E-state index in [1.165, 1.54) is 0 Å². The molecule has 0 radical (unpaired) electrons. The highest BCUT2D eigenvalue weighted by Crippen LogP contribution is 2.05. The first kappa shape index (κ1) is 9.56. The van der Waals surface area contributed by atoms with E-state index >= 15 is 0 Å². The van der Waals surface area contributed by atoms with Crippen molar-refractivity contribution in [3.63, 3.8) is 0 Å². The van der Waals surface area contributed by atoms with E-state index < -0.39 is 37.2 Å². The van der Waals surface area contributed by atoms with Crippen LogP contribution in [0.1, 0.15) is 6.42 Å². The molecule has 0 atom stereocenters. The number of halogens is 2. The van der Waals surface area contributed by atoms with Crippen molar-refractivity contribution in [1.82, 2.24) is 10.2 Å². The van der Waals surface area contributed by atoms with Crippen LogP contribution in [-0.4, -0.2) is 35.7 Å². The van der Waals surface area contributed by atoms with E-state index in [0.717, 1.165) is 0 Å². The van der Waals surface area contributed by atoms with Crippen molar-refractivity contribution in [2.24, 2.45) is 0 Å². The molecule has 7 heteroatoms. The Hall–Kier alpha value is -1.53. The fraction of sp³-hybridized carbons (Fsp3) is 0.500. The van der Waals surface area contributed by atoms with Crippen molar-refractivity contribution in [2.45, 2.75) is 12.8 Å². The molecule has 0 spiro atoms. The number of nitrogens with zero attached hydrogens (tertiary/aromatic N) is 1. The van der Waals surface area contributed by atoms with E-state index in [1.54, 1.807) is 5.32 Å². The number of hydrogen-bond acceptors (Lipinski definition) is 3. The van der Waals surface area contributed by atoms with Gasteiger partial charge >= 0.3 is 6.03 Å². The zero-order valence-corrected chi connectivity index (χ0v) is 6.42. The first-order valence-electron chi connectivity index (χ1n) is 3.43. The van der Waals surface area contributed by atoms with Crippen molar-refractivity contribution >= 4 is 17.8 Å². The summed E-state index contributed by atoms with van der Waals surface area (Å²) in [5.74, 6) is -1.66. The molecule has 0 unspecified atom stereocenters. The molecule has 0 saturated carbocycles. The summed E-state index contributed by atoms with van der Waals surface area (Å²) in [6.45, 7) is -0.974. The Kier molecular flexibility index (Phi) is 2.54. The van der Waals surface area contributed by atoms with Gasteiger partial charge in [0.15, 0.2) is 0 Å². The van der Waals surface area contributed by atoms with Crippen LogP contribution in [0.2, 0.25) is 0 Å². The number of carbonyl (C=O) groups excluding carboxylic acids is 3. The zero-order valence-electron chi connectivity index (χ0n) is 6.42. The molecule has 5 nitrogen and oxygen atoms in total. The van der Waals surface area contributed by atoms with E-state index in [9.17, 15) is 23.2 Å². The van der Waals surface area contributed by atoms with Crippen LogP contribution < -0.4 is 5.32 Å². The van der Waals surface area contributed by atoms with E-state index in [2.05, 4.69) is 0 Å². The fourth-order valence-corrected chi connectivity index (χ4v) is 0.900. The van der Waals surface area contributed by atoms with Gasteiger partial charge in [0.05, 0.1) is 6.54 Å². The Morgan fingerprint density at radius 2 is 2.00 bits per heavy atom. The molecule has 0 aromatic heterocycles. The van der Waals surface area contributed by atoms with Crippen LogP contribution in [0.4, 0.5) is 13.6 Å². The van der Waals surface area contributed by atoms with Crippen LogP contribution in [-0.2, 0) is 9.59 Å². The van der Waals surface area contributed by atoms with Gasteiger partial charge < -0.3 is 0 Å². The summed E-state index contributed by atoms with van der Waals surface area (Å²) < 4.78 is 23.6. The third-order valence-corrected chi connectivity index (χ3v) is 1.42. The quantitative estimate of drug-likeness (QED) is 0.612. The van der Waals surface area contributed by atoms with E-state index in [-0.39, 0.29) is 0 Å². The largest absolute Gasteiger partial charge is 0.330 e. The van der Waals surface area contributed by atoms with Gasteiger partial charge in [-0.15, -0.1) is 0 Å². The average Bonchev–Trinajstić information content (AvgIpc) is 1.96. The van der Waals surface area contributed by atoms with Gasteiger partial charge in [-0.2, -0.15) is 0 Å². The van der Waals surface area contributed by atoms with Crippen LogP contribution in [0.15, 0.2) is 0 Å². The number of urea groups is 1. The van der Waals surface area contributed by atoms with Crippen LogP contribution in [0.3, 0.4) is 0 Å². The molecule has 0 bridgehead atoms. The lowest BCUT2D eigenvalue weighted by atomic mass is 10.3. The van der Waals surface area contributed by atoms with Crippen LogP contribution in [0, 0.1) is 0 Å². The summed E-state index contributed by atoms with van der Waals surface area (Å²) in [4.78, 5) is 32.5. The molecule has 13 heavy (non-hydrogen) atoms. The number of nitrogens with one attached hydrogen (secondary N) is 1. The molecule has 1 fully saturated rings. The van der Waals surface area contributed by atoms with Crippen molar-refractivity contribution in [3.05, 3.63) is 0 Å². The smallest absolute Gasteiger partial charge is 0.277 e. The minimum absolute atomic E-state index is 0.325. The van der Waals surface area contributed by atoms with Crippen LogP contribution in [0.5, 0.6) is 0 Å². The summed E-state index contributed by atoms with van der Waals surface area (Å²) >= 11 is 0. The maximum atomic E-state index is 11.8. The van der Waals surface area contributed by atoms with Gasteiger partial charge in [0.25, 0.3) is 6.43 Å². The van der Waals surface area contributed by atoms with Gasteiger partial charge in [-0.05, 0) is 0 Å². The van der Waals surface area contributed by atoms with Gasteiger partial charge in [0, 0.05) is 0 Å². The number of rotatable bonds is 2. The molecule has 1 aliphatic rings. The SMILES string of the molecule is O=C1CC(=O)N(CC(F)F)C(=O)N1. The molecule has 1 saturated heterocycles. The summed E-state index contributed by atoms with van der Waals surface area (Å²) in [6, 6.07) is -1.08. The minimum atomic E-state index is -2.79. The molecule has 1 N–H and O–H groups in total. The van der Waals surface area contributed by atoms with Gasteiger partial charge in [-0.1, -0.05) is 0 Å². The van der Waals surface area contributed by atoms with Crippen LogP contribution >= 0.6 is 0 Å². The first-order chi connectivity index (χ1) is 6.00. The molecule has 1 rings (SSSR count). The van der Waals surface area contributed by atoms with Gasteiger partial charge in [0.1, 0.15) is 6.42 Å². The third kappa shape index (κ3) is 2.20. The monoisotopic (exact) mass is 192 g/mol. The second-order valence-electron chi connectivity index (χ2n) is 2.43. The summed E-state index contributed by atoms with van der Waals surface area (Å²) in [5.41, 5.74) is 0. The highest BCUT2D eigenvalue weighted by atomic mass is 19.3. The molecule has 1 heterocycles. The van der Waals surface area contributed by atoms with E-state index in [0.29, 0.717) is 4.90 Å². The number of imide groups is 2. The molecule has 0 aliphatic carbocycles. The van der Waals surface area contributed by atoms with Crippen molar-refractivity contribution in [1.29, 1.82) is 0 Å². The Morgan fingerprint density at radius 3 is 2.46 bits per heavy atom. The Bertz CT molecular complexity index is 247. The predicted molar refractivity (Wildman–Crippen MR) is 35.9 cm³/mol. The third-order valence-electron chi connectivity index (χ3n) is 1.42. The minimum Gasteiger partial charge on any atom is -0.277 e. The molecule has 1 aliphatic heterocycles. The normalized spacial score (nSPS) is 18.1. The van der Waals surface area contributed by atoms with Crippen LogP contribution in [0.25, 0.3) is 0 Å². The second-order valence-corrected chi connectivity index (χ2v) is 2.43. The summed E-state index contributed by atoms with van der Waals surface area (Å²) in [7, 11) is 0. The Balaban J connectivity index is 2.67. The molecule has 0 aromatic carbocycles. The Morgan fingerprint density at radius 1 is 1.38 bits per heavy atom. The van der Waals surface area contributed by atoms with Crippen molar-refractivity contribution in [2.75, 3.05) is 6.54 Å². The maximum Gasteiger partial charge on any atom is 0.330 e. The van der Waals surface area contributed by atoms with Crippen molar-refractivity contribution < 1.29 is 23.2 Å². The van der Waals surface area contributed by atoms with E-state index in [1.807, 2.05) is 0 Å². The molecular formula is C6H6F2N2O3. The second kappa shape index (κ2) is 3.46. The number of amides is 4. The Labute approximate surface area is 71.7 Å². The standard InChI is InChI=1S/C6H6F2N2O3/c7-3(8)2-10-5(12)1-4(11)9-6(10)13/h3H,1-2H2,(H,9,11,13). The van der Waals surface area contributed by atoms with Gasteiger partial charge in [-0.3, -0.25) is 19.8 Å². The average molecular weight is 192 g/mol. The highest BCUT2D eigenvalue weighted by molar-refractivity contribution is 6.14. The number of barbiturate groups is 1. The lowest BCUT2D eigenvalue weighted by molar-refractivity contribution is -0.137. The van der Waals surface area contributed by atoms with Crippen molar-refractivity contribution in [3.8, 4) is 0 Å². The molecule has 72 valence electrons. The number of hydrogen-bond donors (Lipinski definition) is 1. The summed E-state index contributed by atoms with van der Waals surface area (Å²) in [5, 5.41) is 1.76. The number of carbonyl (C=O) groups is 3. The molecule has 0 aromatic rings. The lowest BCUT2D eigenvalue weighted by Gasteiger charge is -2.23. The number of alkyl halides is 2. The first-order valence-corrected chi connectivity index (χ1v) is 3.43. The van der Waals surface area contributed by atoms with Gasteiger partial charge in [-0.25, -0.2) is 13.6 Å².